The number of imidazole rings is 1. The van der Waals surface area contributed by atoms with E-state index in [4.69, 9.17) is 0 Å². The topological polar surface area (TPSA) is 46.4 Å². The zero-order valence-corrected chi connectivity index (χ0v) is 14.1. The average molecular weight is 345 g/mol. The van der Waals surface area contributed by atoms with Crippen LogP contribution in [0, 0.1) is 12.7 Å². The van der Waals surface area contributed by atoms with Gasteiger partial charge in [0.15, 0.2) is 0 Å². The van der Waals surface area contributed by atoms with Gasteiger partial charge in [-0.3, -0.25) is 4.79 Å². The van der Waals surface area contributed by atoms with Crippen LogP contribution in [0.5, 0.6) is 0 Å². The fraction of sp³-hybridized carbons (Fsp3) is 0.0476. The largest absolute Gasteiger partial charge is 0.322 e. The lowest BCUT2D eigenvalue weighted by Crippen LogP contribution is -2.14. The van der Waals surface area contributed by atoms with Crippen LogP contribution in [0.1, 0.15) is 15.9 Å². The Kier molecular flexibility index (Phi) is 3.97. The molecule has 1 amide bonds. The molecular formula is C21H16FN3O. The molecule has 0 radical (unpaired) electrons. The van der Waals surface area contributed by atoms with E-state index in [1.807, 2.05) is 60.1 Å². The van der Waals surface area contributed by atoms with Gasteiger partial charge in [0.2, 0.25) is 0 Å². The molecule has 0 aliphatic rings. The number of aromatic nitrogens is 2. The number of amides is 1. The second kappa shape index (κ2) is 6.44. The van der Waals surface area contributed by atoms with E-state index in [1.54, 1.807) is 12.1 Å². The third kappa shape index (κ3) is 2.95. The standard InChI is InChI=1S/C21H16FN3O/c1-14-9-10-15(19-13-25-11-5-4-8-20(25)23-19)12-18(14)24-21(26)16-6-2-3-7-17(16)22/h2-13H,1H3,(H,24,26). The molecule has 1 N–H and O–H groups in total. The first-order valence-corrected chi connectivity index (χ1v) is 8.22. The minimum Gasteiger partial charge on any atom is -0.322 e. The summed E-state index contributed by atoms with van der Waals surface area (Å²) >= 11 is 0. The molecule has 2 aromatic heterocycles. The maximum atomic E-state index is 13.8. The molecule has 0 unspecified atom stereocenters. The van der Waals surface area contributed by atoms with Crippen molar-refractivity contribution in [2.75, 3.05) is 5.32 Å². The van der Waals surface area contributed by atoms with E-state index in [0.717, 1.165) is 22.5 Å². The first kappa shape index (κ1) is 16.0. The van der Waals surface area contributed by atoms with Gasteiger partial charge in [0, 0.05) is 23.6 Å². The molecule has 0 aliphatic heterocycles. The molecule has 4 rings (SSSR count). The average Bonchev–Trinajstić information content (AvgIpc) is 3.08. The van der Waals surface area contributed by atoms with Gasteiger partial charge in [-0.2, -0.15) is 0 Å². The quantitative estimate of drug-likeness (QED) is 0.585. The van der Waals surface area contributed by atoms with Crippen molar-refractivity contribution in [2.24, 2.45) is 0 Å². The van der Waals surface area contributed by atoms with Crippen LogP contribution in [0.15, 0.2) is 73.1 Å². The van der Waals surface area contributed by atoms with E-state index in [1.165, 1.54) is 12.1 Å². The van der Waals surface area contributed by atoms with Gasteiger partial charge >= 0.3 is 0 Å². The van der Waals surface area contributed by atoms with Gasteiger partial charge in [0.05, 0.1) is 11.3 Å². The van der Waals surface area contributed by atoms with E-state index in [2.05, 4.69) is 10.3 Å². The third-order valence-electron chi connectivity index (χ3n) is 4.26. The molecular weight excluding hydrogens is 329 g/mol. The number of pyridine rings is 1. The highest BCUT2D eigenvalue weighted by molar-refractivity contribution is 6.05. The fourth-order valence-electron chi connectivity index (χ4n) is 2.82. The van der Waals surface area contributed by atoms with E-state index in [0.29, 0.717) is 5.69 Å². The molecule has 4 aromatic rings. The van der Waals surface area contributed by atoms with Crippen LogP contribution in [-0.4, -0.2) is 15.3 Å². The molecule has 0 atom stereocenters. The lowest BCUT2D eigenvalue weighted by Gasteiger charge is -2.10. The number of hydrogen-bond acceptors (Lipinski definition) is 2. The number of nitrogens with zero attached hydrogens (tertiary/aromatic N) is 2. The van der Waals surface area contributed by atoms with Crippen molar-refractivity contribution >= 4 is 17.2 Å². The van der Waals surface area contributed by atoms with Gasteiger partial charge in [0.1, 0.15) is 11.5 Å². The lowest BCUT2D eigenvalue weighted by molar-refractivity contribution is 0.102. The molecule has 128 valence electrons. The maximum absolute atomic E-state index is 13.8. The molecule has 0 saturated heterocycles. The van der Waals surface area contributed by atoms with Gasteiger partial charge < -0.3 is 9.72 Å². The van der Waals surface area contributed by atoms with Crippen LogP contribution in [-0.2, 0) is 0 Å². The Morgan fingerprint density at radius 1 is 1.08 bits per heavy atom. The molecule has 0 aliphatic carbocycles. The van der Waals surface area contributed by atoms with E-state index >= 15 is 0 Å². The Hall–Kier alpha value is -3.47. The first-order valence-electron chi connectivity index (χ1n) is 8.22. The Morgan fingerprint density at radius 3 is 2.69 bits per heavy atom. The zero-order chi connectivity index (χ0) is 18.1. The molecule has 5 heteroatoms. The number of anilines is 1. The van der Waals surface area contributed by atoms with Crippen LogP contribution in [0.2, 0.25) is 0 Å². The van der Waals surface area contributed by atoms with Gasteiger partial charge in [-0.15, -0.1) is 0 Å². The SMILES string of the molecule is Cc1ccc(-c2cn3ccccc3n2)cc1NC(=O)c1ccccc1F. The first-order chi connectivity index (χ1) is 12.6. The number of rotatable bonds is 3. The molecule has 0 saturated carbocycles. The summed E-state index contributed by atoms with van der Waals surface area (Å²) in [6.45, 7) is 1.89. The fourth-order valence-corrected chi connectivity index (χ4v) is 2.82. The molecule has 4 nitrogen and oxygen atoms in total. The second-order valence-electron chi connectivity index (χ2n) is 6.06. The number of aryl methyl sites for hydroxylation is 1. The molecule has 26 heavy (non-hydrogen) atoms. The predicted molar refractivity (Wildman–Crippen MR) is 99.7 cm³/mol. The number of hydrogen-bond donors (Lipinski definition) is 1. The summed E-state index contributed by atoms with van der Waals surface area (Å²) in [4.78, 5) is 17.0. The van der Waals surface area contributed by atoms with Crippen molar-refractivity contribution in [3.05, 3.63) is 90.0 Å². The highest BCUT2D eigenvalue weighted by Crippen LogP contribution is 2.26. The van der Waals surface area contributed by atoms with E-state index in [9.17, 15) is 9.18 Å². The summed E-state index contributed by atoms with van der Waals surface area (Å²) in [7, 11) is 0. The molecule has 0 fully saturated rings. The van der Waals surface area contributed by atoms with Crippen molar-refractivity contribution < 1.29 is 9.18 Å². The minimum atomic E-state index is -0.542. The van der Waals surface area contributed by atoms with Crippen LogP contribution in [0.4, 0.5) is 10.1 Å². The van der Waals surface area contributed by atoms with Crippen molar-refractivity contribution in [1.29, 1.82) is 0 Å². The number of benzene rings is 2. The number of carbonyl (C=O) groups excluding carboxylic acids is 1. The highest BCUT2D eigenvalue weighted by atomic mass is 19.1. The molecule has 2 heterocycles. The highest BCUT2D eigenvalue weighted by Gasteiger charge is 2.13. The van der Waals surface area contributed by atoms with E-state index < -0.39 is 11.7 Å². The van der Waals surface area contributed by atoms with Gasteiger partial charge in [-0.25, -0.2) is 9.37 Å². The summed E-state index contributed by atoms with van der Waals surface area (Å²) in [6.07, 6.45) is 3.86. The molecule has 2 aromatic carbocycles. The Bertz CT molecular complexity index is 1080. The van der Waals surface area contributed by atoms with Crippen LogP contribution >= 0.6 is 0 Å². The Morgan fingerprint density at radius 2 is 1.88 bits per heavy atom. The summed E-state index contributed by atoms with van der Waals surface area (Å²) in [5.41, 5.74) is 4.07. The zero-order valence-electron chi connectivity index (χ0n) is 14.1. The molecule has 0 spiro atoms. The Labute approximate surface area is 149 Å². The lowest BCUT2D eigenvalue weighted by atomic mass is 10.1. The third-order valence-corrected chi connectivity index (χ3v) is 4.26. The van der Waals surface area contributed by atoms with E-state index in [-0.39, 0.29) is 5.56 Å². The van der Waals surface area contributed by atoms with Gasteiger partial charge in [0.25, 0.3) is 5.91 Å². The van der Waals surface area contributed by atoms with Crippen LogP contribution < -0.4 is 5.32 Å². The number of nitrogens with one attached hydrogen (secondary N) is 1. The van der Waals surface area contributed by atoms with Crippen molar-refractivity contribution in [1.82, 2.24) is 9.38 Å². The smallest absolute Gasteiger partial charge is 0.258 e. The number of halogens is 1. The van der Waals surface area contributed by atoms with Crippen molar-refractivity contribution in [3.8, 4) is 11.3 Å². The van der Waals surface area contributed by atoms with Gasteiger partial charge in [-0.1, -0.05) is 30.3 Å². The van der Waals surface area contributed by atoms with Crippen LogP contribution in [0.25, 0.3) is 16.9 Å². The summed E-state index contributed by atoms with van der Waals surface area (Å²) < 4.78 is 15.8. The summed E-state index contributed by atoms with van der Waals surface area (Å²) in [5, 5.41) is 2.80. The molecule has 0 bridgehead atoms. The second-order valence-corrected chi connectivity index (χ2v) is 6.06. The van der Waals surface area contributed by atoms with Crippen molar-refractivity contribution in [2.45, 2.75) is 6.92 Å². The summed E-state index contributed by atoms with van der Waals surface area (Å²) in [6, 6.07) is 17.5. The normalized spacial score (nSPS) is 10.8. The van der Waals surface area contributed by atoms with Gasteiger partial charge in [-0.05, 0) is 42.8 Å². The Balaban J connectivity index is 1.68. The maximum Gasteiger partial charge on any atom is 0.258 e. The van der Waals surface area contributed by atoms with Crippen LogP contribution in [0.3, 0.4) is 0 Å². The minimum absolute atomic E-state index is 0.0185. The monoisotopic (exact) mass is 345 g/mol. The van der Waals surface area contributed by atoms with Crippen molar-refractivity contribution in [3.63, 3.8) is 0 Å². The number of carbonyl (C=O) groups is 1. The number of fused-ring (bicyclic) bond motifs is 1. The predicted octanol–water partition coefficient (Wildman–Crippen LogP) is 4.70. The summed E-state index contributed by atoms with van der Waals surface area (Å²) in [5.74, 6) is -1.02.